The number of hydrogen-bond acceptors (Lipinski definition) is 3. The maximum atomic E-state index is 12.3. The lowest BCUT2D eigenvalue weighted by Crippen LogP contribution is -2.11. The van der Waals surface area contributed by atoms with Crippen LogP contribution in [0.2, 0.25) is 0 Å². The van der Waals surface area contributed by atoms with Gasteiger partial charge in [-0.25, -0.2) is 8.42 Å². The van der Waals surface area contributed by atoms with Gasteiger partial charge in [0.05, 0.1) is 16.3 Å². The second-order valence-corrected chi connectivity index (χ2v) is 8.11. The molecule has 0 saturated heterocycles. The number of para-hydroxylation sites is 1. The van der Waals surface area contributed by atoms with Crippen LogP contribution in [-0.4, -0.2) is 20.7 Å². The van der Waals surface area contributed by atoms with Crippen molar-refractivity contribution in [3.63, 3.8) is 0 Å². The third-order valence-corrected chi connectivity index (χ3v) is 6.25. The molecule has 0 atom stereocenters. The second kappa shape index (κ2) is 7.83. The van der Waals surface area contributed by atoms with Gasteiger partial charge in [0.1, 0.15) is 0 Å². The Bertz CT molecular complexity index is 533. The Hall–Kier alpha value is -1.03. The van der Waals surface area contributed by atoms with Crippen molar-refractivity contribution in [1.29, 1.82) is 0 Å². The highest BCUT2D eigenvalue weighted by atomic mass is 32.2. The predicted molar refractivity (Wildman–Crippen MR) is 88.5 cm³/mol. The summed E-state index contributed by atoms with van der Waals surface area (Å²) in [5.74, 6) is 1.11. The van der Waals surface area contributed by atoms with Crippen LogP contribution in [0.1, 0.15) is 51.9 Å². The first-order valence-electron chi connectivity index (χ1n) is 8.19. The Morgan fingerprint density at radius 2 is 1.90 bits per heavy atom. The summed E-state index contributed by atoms with van der Waals surface area (Å²) in [6.07, 6.45) is 8.55. The maximum absolute atomic E-state index is 12.3. The first-order chi connectivity index (χ1) is 10.1. The molecule has 0 aromatic heterocycles. The molecule has 0 radical (unpaired) electrons. The fourth-order valence-electron chi connectivity index (χ4n) is 3.18. The normalized spacial score (nSPS) is 16.2. The molecule has 2 rings (SSSR count). The fourth-order valence-corrected chi connectivity index (χ4v) is 4.69. The zero-order valence-electron chi connectivity index (χ0n) is 13.0. The van der Waals surface area contributed by atoms with Gasteiger partial charge in [0, 0.05) is 6.54 Å². The van der Waals surface area contributed by atoms with E-state index in [1.165, 1.54) is 32.1 Å². The van der Waals surface area contributed by atoms with Crippen LogP contribution in [0.25, 0.3) is 0 Å². The average Bonchev–Trinajstić information content (AvgIpc) is 2.97. The van der Waals surface area contributed by atoms with Gasteiger partial charge in [-0.3, -0.25) is 0 Å². The van der Waals surface area contributed by atoms with Crippen LogP contribution < -0.4 is 5.32 Å². The number of sulfone groups is 1. The Morgan fingerprint density at radius 3 is 2.62 bits per heavy atom. The van der Waals surface area contributed by atoms with Gasteiger partial charge < -0.3 is 5.32 Å². The maximum Gasteiger partial charge on any atom is 0.180 e. The largest absolute Gasteiger partial charge is 0.384 e. The fraction of sp³-hybridized carbons (Fsp3) is 0.647. The van der Waals surface area contributed by atoms with Gasteiger partial charge in [-0.15, -0.1) is 0 Å². The average molecular weight is 309 g/mol. The number of benzene rings is 1. The standard InChI is InChI=1S/C17H27NO2S/c1-2-14-21(19,20)17-12-6-5-11-16(17)18-13-7-10-15-8-3-4-9-15/h5-6,11-12,15,18H,2-4,7-10,13-14H2,1H3. The van der Waals surface area contributed by atoms with Crippen molar-refractivity contribution in [2.45, 2.75) is 56.8 Å². The lowest BCUT2D eigenvalue weighted by molar-refractivity contribution is 0.491. The summed E-state index contributed by atoms with van der Waals surface area (Å²) >= 11 is 0. The first-order valence-corrected chi connectivity index (χ1v) is 9.84. The van der Waals surface area contributed by atoms with E-state index in [1.807, 2.05) is 19.1 Å². The van der Waals surface area contributed by atoms with Crippen molar-refractivity contribution < 1.29 is 8.42 Å². The number of hydrogen-bond donors (Lipinski definition) is 1. The highest BCUT2D eigenvalue weighted by Crippen LogP contribution is 2.28. The van der Waals surface area contributed by atoms with Crippen molar-refractivity contribution in [3.05, 3.63) is 24.3 Å². The van der Waals surface area contributed by atoms with E-state index in [2.05, 4.69) is 5.32 Å². The third-order valence-electron chi connectivity index (χ3n) is 4.27. The summed E-state index contributed by atoms with van der Waals surface area (Å²) in [6.45, 7) is 2.75. The summed E-state index contributed by atoms with van der Waals surface area (Å²) in [5, 5.41) is 3.32. The predicted octanol–water partition coefficient (Wildman–Crippen LogP) is 4.25. The summed E-state index contributed by atoms with van der Waals surface area (Å²) in [4.78, 5) is 0.452. The highest BCUT2D eigenvalue weighted by molar-refractivity contribution is 7.91. The quantitative estimate of drug-likeness (QED) is 0.730. The van der Waals surface area contributed by atoms with E-state index < -0.39 is 9.84 Å². The van der Waals surface area contributed by atoms with Gasteiger partial charge in [-0.05, 0) is 37.3 Å². The molecule has 0 bridgehead atoms. The Labute approximate surface area is 129 Å². The van der Waals surface area contributed by atoms with Crippen LogP contribution in [0.4, 0.5) is 5.69 Å². The zero-order valence-corrected chi connectivity index (χ0v) is 13.8. The third kappa shape index (κ3) is 4.73. The molecule has 1 fully saturated rings. The van der Waals surface area contributed by atoms with Crippen molar-refractivity contribution in [2.24, 2.45) is 5.92 Å². The molecule has 118 valence electrons. The molecule has 0 spiro atoms. The van der Waals surface area contributed by atoms with Crippen LogP contribution in [0, 0.1) is 5.92 Å². The molecule has 1 N–H and O–H groups in total. The van der Waals surface area contributed by atoms with Gasteiger partial charge in [-0.2, -0.15) is 0 Å². The molecule has 1 aliphatic rings. The molecule has 1 aromatic rings. The zero-order chi connectivity index (χ0) is 15.1. The lowest BCUT2D eigenvalue weighted by Gasteiger charge is -2.13. The van der Waals surface area contributed by atoms with Crippen LogP contribution in [0.5, 0.6) is 0 Å². The molecule has 0 heterocycles. The van der Waals surface area contributed by atoms with Crippen LogP contribution in [0.3, 0.4) is 0 Å². The number of rotatable bonds is 8. The van der Waals surface area contributed by atoms with Gasteiger partial charge in [0.25, 0.3) is 0 Å². The van der Waals surface area contributed by atoms with Gasteiger partial charge in [0.2, 0.25) is 0 Å². The van der Waals surface area contributed by atoms with Gasteiger partial charge >= 0.3 is 0 Å². The Kier molecular flexibility index (Phi) is 6.09. The van der Waals surface area contributed by atoms with Crippen LogP contribution in [-0.2, 0) is 9.84 Å². The van der Waals surface area contributed by atoms with E-state index in [9.17, 15) is 8.42 Å². The van der Waals surface area contributed by atoms with E-state index in [-0.39, 0.29) is 5.75 Å². The topological polar surface area (TPSA) is 46.2 Å². The Balaban J connectivity index is 1.90. The lowest BCUT2D eigenvalue weighted by atomic mass is 10.0. The summed E-state index contributed by atoms with van der Waals surface area (Å²) < 4.78 is 24.5. The summed E-state index contributed by atoms with van der Waals surface area (Å²) in [5.41, 5.74) is 0.761. The van der Waals surface area contributed by atoms with E-state index in [0.29, 0.717) is 11.3 Å². The van der Waals surface area contributed by atoms with Gasteiger partial charge in [0.15, 0.2) is 9.84 Å². The molecule has 0 unspecified atom stereocenters. The molecule has 0 amide bonds. The molecule has 0 aliphatic heterocycles. The summed E-state index contributed by atoms with van der Waals surface area (Å²) in [7, 11) is -3.16. The molecular formula is C17H27NO2S. The molecular weight excluding hydrogens is 282 g/mol. The van der Waals surface area contributed by atoms with Crippen molar-refractivity contribution in [2.75, 3.05) is 17.6 Å². The number of anilines is 1. The van der Waals surface area contributed by atoms with Crippen molar-refractivity contribution in [1.82, 2.24) is 0 Å². The molecule has 21 heavy (non-hydrogen) atoms. The number of nitrogens with one attached hydrogen (secondary N) is 1. The molecule has 1 saturated carbocycles. The minimum absolute atomic E-state index is 0.216. The SMILES string of the molecule is CCCS(=O)(=O)c1ccccc1NCCCC1CCCC1. The van der Waals surface area contributed by atoms with Crippen molar-refractivity contribution in [3.8, 4) is 0 Å². The molecule has 1 aromatic carbocycles. The summed E-state index contributed by atoms with van der Waals surface area (Å²) in [6, 6.07) is 7.28. The minimum atomic E-state index is -3.16. The van der Waals surface area contributed by atoms with E-state index in [4.69, 9.17) is 0 Å². The Morgan fingerprint density at radius 1 is 1.19 bits per heavy atom. The van der Waals surface area contributed by atoms with Gasteiger partial charge in [-0.1, -0.05) is 44.7 Å². The monoisotopic (exact) mass is 309 g/mol. The van der Waals surface area contributed by atoms with Crippen molar-refractivity contribution >= 4 is 15.5 Å². The molecule has 4 heteroatoms. The minimum Gasteiger partial charge on any atom is -0.384 e. The van der Waals surface area contributed by atoms with E-state index in [1.54, 1.807) is 12.1 Å². The van der Waals surface area contributed by atoms with Crippen LogP contribution >= 0.6 is 0 Å². The second-order valence-electron chi connectivity index (χ2n) is 6.03. The molecule has 1 aliphatic carbocycles. The molecule has 3 nitrogen and oxygen atoms in total. The first kappa shape index (κ1) is 16.3. The van der Waals surface area contributed by atoms with E-state index >= 15 is 0 Å². The van der Waals surface area contributed by atoms with Crippen LogP contribution in [0.15, 0.2) is 29.2 Å². The highest BCUT2D eigenvalue weighted by Gasteiger charge is 2.17. The van der Waals surface area contributed by atoms with E-state index in [0.717, 1.165) is 24.6 Å². The smallest absolute Gasteiger partial charge is 0.180 e.